The molecule has 0 aliphatic carbocycles. The minimum absolute atomic E-state index is 0.213. The number of carbonyl (C=O) groups is 1. The molecule has 1 fully saturated rings. The minimum Gasteiger partial charge on any atom is -0.493 e. The Morgan fingerprint density at radius 3 is 2.77 bits per heavy atom. The van der Waals surface area contributed by atoms with Gasteiger partial charge in [0.1, 0.15) is 10.9 Å². The molecule has 1 N–H and O–H groups in total. The van der Waals surface area contributed by atoms with Crippen LogP contribution in [0.2, 0.25) is 5.02 Å². The SMILES string of the molecule is COc1cc(C=C2SC(=S)NC2=O)cc(Cl)c1OCc1cccc(C)c1. The van der Waals surface area contributed by atoms with Gasteiger partial charge in [-0.1, -0.05) is 65.4 Å². The van der Waals surface area contributed by atoms with Crippen LogP contribution in [0.3, 0.4) is 0 Å². The molecule has 4 nitrogen and oxygen atoms in total. The molecule has 1 heterocycles. The fraction of sp³-hybridized carbons (Fsp3) is 0.158. The molecule has 2 aromatic rings. The molecule has 1 saturated heterocycles. The standard InChI is InChI=1S/C19H16ClNO3S2/c1-11-4-3-5-12(6-11)10-24-17-14(20)7-13(8-15(17)23-2)9-16-18(22)21-19(25)26-16/h3-9H,10H2,1-2H3,(H,21,22,25). The first-order chi connectivity index (χ1) is 12.5. The number of thioether (sulfide) groups is 1. The Balaban J connectivity index is 1.84. The highest BCUT2D eigenvalue weighted by atomic mass is 35.5. The summed E-state index contributed by atoms with van der Waals surface area (Å²) in [6.45, 7) is 2.41. The molecule has 134 valence electrons. The fourth-order valence-electron chi connectivity index (χ4n) is 2.49. The number of aryl methyl sites for hydroxylation is 1. The van der Waals surface area contributed by atoms with E-state index in [2.05, 4.69) is 11.4 Å². The topological polar surface area (TPSA) is 47.6 Å². The van der Waals surface area contributed by atoms with Gasteiger partial charge in [-0.05, 0) is 36.3 Å². The molecule has 1 aliphatic rings. The summed E-state index contributed by atoms with van der Waals surface area (Å²) < 4.78 is 11.7. The maximum absolute atomic E-state index is 11.8. The summed E-state index contributed by atoms with van der Waals surface area (Å²) in [5.74, 6) is 0.759. The first kappa shape index (κ1) is 18.8. The largest absolute Gasteiger partial charge is 0.493 e. The number of ether oxygens (including phenoxy) is 2. The summed E-state index contributed by atoms with van der Waals surface area (Å²) in [7, 11) is 1.55. The number of benzene rings is 2. The second-order valence-corrected chi connectivity index (χ2v) is 7.79. The Labute approximate surface area is 166 Å². The normalized spacial score (nSPS) is 15.3. The van der Waals surface area contributed by atoms with E-state index in [1.165, 1.54) is 11.8 Å². The predicted octanol–water partition coefficient (Wildman–Crippen LogP) is 4.72. The third-order valence-corrected chi connectivity index (χ3v) is 5.10. The van der Waals surface area contributed by atoms with Crippen LogP contribution in [-0.4, -0.2) is 17.3 Å². The van der Waals surface area contributed by atoms with Crippen LogP contribution in [0.4, 0.5) is 0 Å². The quantitative estimate of drug-likeness (QED) is 0.575. The zero-order chi connectivity index (χ0) is 18.7. The zero-order valence-electron chi connectivity index (χ0n) is 14.2. The van der Waals surface area contributed by atoms with Gasteiger partial charge in [0.2, 0.25) is 0 Å². The fourth-order valence-corrected chi connectivity index (χ4v) is 3.81. The summed E-state index contributed by atoms with van der Waals surface area (Å²) in [6.07, 6.45) is 1.72. The lowest BCUT2D eigenvalue weighted by Crippen LogP contribution is -2.17. The van der Waals surface area contributed by atoms with E-state index in [1.807, 2.05) is 25.1 Å². The lowest BCUT2D eigenvalue weighted by atomic mass is 10.1. The van der Waals surface area contributed by atoms with Crippen molar-refractivity contribution < 1.29 is 14.3 Å². The zero-order valence-corrected chi connectivity index (χ0v) is 16.6. The first-order valence-corrected chi connectivity index (χ1v) is 9.37. The van der Waals surface area contributed by atoms with Crippen LogP contribution >= 0.6 is 35.6 Å². The molecule has 0 bridgehead atoms. The maximum atomic E-state index is 11.8. The highest BCUT2D eigenvalue weighted by molar-refractivity contribution is 8.26. The van der Waals surface area contributed by atoms with Crippen LogP contribution in [-0.2, 0) is 11.4 Å². The maximum Gasteiger partial charge on any atom is 0.263 e. The van der Waals surface area contributed by atoms with Gasteiger partial charge in [0, 0.05) is 0 Å². The Morgan fingerprint density at radius 2 is 2.12 bits per heavy atom. The summed E-state index contributed by atoms with van der Waals surface area (Å²) in [5, 5.41) is 2.99. The number of carbonyl (C=O) groups excluding carboxylic acids is 1. The summed E-state index contributed by atoms with van der Waals surface area (Å²) in [4.78, 5) is 12.3. The van der Waals surface area contributed by atoms with Gasteiger partial charge in [-0.15, -0.1) is 0 Å². The number of rotatable bonds is 5. The first-order valence-electron chi connectivity index (χ1n) is 7.77. The number of thiocarbonyl (C=S) groups is 1. The highest BCUT2D eigenvalue weighted by Crippen LogP contribution is 2.38. The number of hydrogen-bond acceptors (Lipinski definition) is 5. The lowest BCUT2D eigenvalue weighted by molar-refractivity contribution is -0.115. The van der Waals surface area contributed by atoms with Crippen molar-refractivity contribution in [2.75, 3.05) is 7.11 Å². The van der Waals surface area contributed by atoms with Crippen molar-refractivity contribution in [2.24, 2.45) is 0 Å². The molecule has 0 spiro atoms. The van der Waals surface area contributed by atoms with E-state index in [1.54, 1.807) is 25.3 Å². The lowest BCUT2D eigenvalue weighted by Gasteiger charge is -2.14. The highest BCUT2D eigenvalue weighted by Gasteiger charge is 2.22. The van der Waals surface area contributed by atoms with E-state index in [9.17, 15) is 4.79 Å². The van der Waals surface area contributed by atoms with Crippen molar-refractivity contribution in [3.63, 3.8) is 0 Å². The van der Waals surface area contributed by atoms with E-state index in [-0.39, 0.29) is 5.91 Å². The van der Waals surface area contributed by atoms with Crippen LogP contribution in [0.25, 0.3) is 6.08 Å². The number of methoxy groups -OCH3 is 1. The molecule has 0 aromatic heterocycles. The molecule has 1 amide bonds. The van der Waals surface area contributed by atoms with E-state index < -0.39 is 0 Å². The average molecular weight is 406 g/mol. The molecule has 0 unspecified atom stereocenters. The van der Waals surface area contributed by atoms with E-state index in [0.29, 0.717) is 32.4 Å². The van der Waals surface area contributed by atoms with Crippen LogP contribution in [0.15, 0.2) is 41.3 Å². The molecule has 2 aromatic carbocycles. The Morgan fingerprint density at radius 1 is 1.31 bits per heavy atom. The average Bonchev–Trinajstić information content (AvgIpc) is 2.90. The van der Waals surface area contributed by atoms with Crippen LogP contribution < -0.4 is 14.8 Å². The van der Waals surface area contributed by atoms with Gasteiger partial charge in [0.25, 0.3) is 5.91 Å². The Bertz CT molecular complexity index is 912. The second kappa shape index (κ2) is 8.12. The van der Waals surface area contributed by atoms with Gasteiger partial charge in [-0.3, -0.25) is 4.79 Å². The number of amides is 1. The van der Waals surface area contributed by atoms with Crippen molar-refractivity contribution in [1.29, 1.82) is 0 Å². The van der Waals surface area contributed by atoms with Crippen LogP contribution in [0.1, 0.15) is 16.7 Å². The Kier molecular flexibility index (Phi) is 5.86. The van der Waals surface area contributed by atoms with Crippen molar-refractivity contribution in [1.82, 2.24) is 5.32 Å². The third kappa shape index (κ3) is 4.38. The van der Waals surface area contributed by atoms with E-state index >= 15 is 0 Å². The van der Waals surface area contributed by atoms with Gasteiger partial charge in [-0.2, -0.15) is 0 Å². The van der Waals surface area contributed by atoms with E-state index in [4.69, 9.17) is 33.3 Å². The predicted molar refractivity (Wildman–Crippen MR) is 110 cm³/mol. The summed E-state index contributed by atoms with van der Waals surface area (Å²) >= 11 is 12.6. The van der Waals surface area contributed by atoms with Crippen molar-refractivity contribution in [3.05, 3.63) is 63.0 Å². The molecule has 0 atom stereocenters. The molecule has 7 heteroatoms. The van der Waals surface area contributed by atoms with Gasteiger partial charge in [0.15, 0.2) is 11.5 Å². The van der Waals surface area contributed by atoms with Crippen LogP contribution in [0.5, 0.6) is 11.5 Å². The Hall–Kier alpha value is -2.02. The van der Waals surface area contributed by atoms with Crippen molar-refractivity contribution in [2.45, 2.75) is 13.5 Å². The molecule has 0 saturated carbocycles. The molecule has 26 heavy (non-hydrogen) atoms. The third-order valence-electron chi connectivity index (χ3n) is 3.66. The molecular weight excluding hydrogens is 390 g/mol. The molecular formula is C19H16ClNO3S2. The summed E-state index contributed by atoms with van der Waals surface area (Å²) in [5.41, 5.74) is 2.94. The van der Waals surface area contributed by atoms with Gasteiger partial charge in [-0.25, -0.2) is 0 Å². The smallest absolute Gasteiger partial charge is 0.263 e. The van der Waals surface area contributed by atoms with Gasteiger partial charge in [0.05, 0.1) is 17.0 Å². The van der Waals surface area contributed by atoms with Crippen molar-refractivity contribution >= 4 is 51.9 Å². The number of nitrogens with one attached hydrogen (secondary N) is 1. The minimum atomic E-state index is -0.213. The number of halogens is 1. The molecule has 0 radical (unpaired) electrons. The van der Waals surface area contributed by atoms with Crippen molar-refractivity contribution in [3.8, 4) is 11.5 Å². The second-order valence-electron chi connectivity index (χ2n) is 5.66. The van der Waals surface area contributed by atoms with Crippen LogP contribution in [0, 0.1) is 6.92 Å². The number of hydrogen-bond donors (Lipinski definition) is 1. The van der Waals surface area contributed by atoms with Gasteiger partial charge < -0.3 is 14.8 Å². The van der Waals surface area contributed by atoms with E-state index in [0.717, 1.165) is 16.7 Å². The molecule has 3 rings (SSSR count). The molecule has 1 aliphatic heterocycles. The monoisotopic (exact) mass is 405 g/mol. The summed E-state index contributed by atoms with van der Waals surface area (Å²) in [6, 6.07) is 11.6. The van der Waals surface area contributed by atoms with Gasteiger partial charge >= 0.3 is 0 Å².